The van der Waals surface area contributed by atoms with Gasteiger partial charge in [-0.25, -0.2) is 0 Å². The standard InChI is InChI=1S/C24H20ClN3O4/c25-20-9-5-4-8-19(20)24(30)26-21(16-6-2-1-3-7-16)15-23(29)27-13-12-17-10-11-18(28(31)32)14-22(17)27/h1-11,14,21H,12-13,15H2,(H,26,30). The van der Waals surface area contributed by atoms with E-state index in [2.05, 4.69) is 5.32 Å². The third-order valence-electron chi connectivity index (χ3n) is 5.48. The van der Waals surface area contributed by atoms with Crippen LogP contribution in [0, 0.1) is 10.1 Å². The van der Waals surface area contributed by atoms with Gasteiger partial charge in [-0.05, 0) is 29.7 Å². The molecule has 2 amide bonds. The lowest BCUT2D eigenvalue weighted by atomic mass is 10.0. The van der Waals surface area contributed by atoms with Crippen LogP contribution in [-0.4, -0.2) is 23.3 Å². The molecule has 1 aliphatic heterocycles. The van der Waals surface area contributed by atoms with Crippen molar-refractivity contribution >= 4 is 34.8 Å². The number of rotatable bonds is 6. The van der Waals surface area contributed by atoms with Crippen molar-refractivity contribution in [3.8, 4) is 0 Å². The summed E-state index contributed by atoms with van der Waals surface area (Å²) in [5.41, 5.74) is 2.48. The Hall–Kier alpha value is -3.71. The molecule has 0 fully saturated rings. The second-order valence-electron chi connectivity index (χ2n) is 7.49. The SMILES string of the molecule is O=C(NC(CC(=O)N1CCc2ccc([N+](=O)[O-])cc21)c1ccccc1)c1ccccc1Cl. The zero-order valence-electron chi connectivity index (χ0n) is 17.0. The molecule has 0 bridgehead atoms. The van der Waals surface area contributed by atoms with Gasteiger partial charge in [0.25, 0.3) is 11.6 Å². The lowest BCUT2D eigenvalue weighted by molar-refractivity contribution is -0.384. The molecular formula is C24H20ClN3O4. The Kier molecular flexibility index (Phi) is 6.18. The highest BCUT2D eigenvalue weighted by Gasteiger charge is 2.29. The molecule has 1 heterocycles. The first-order chi connectivity index (χ1) is 15.4. The average Bonchev–Trinajstić information content (AvgIpc) is 3.23. The van der Waals surface area contributed by atoms with Gasteiger partial charge in [-0.15, -0.1) is 0 Å². The summed E-state index contributed by atoms with van der Waals surface area (Å²) in [5, 5.41) is 14.4. The molecule has 0 aliphatic carbocycles. The van der Waals surface area contributed by atoms with E-state index in [9.17, 15) is 19.7 Å². The zero-order chi connectivity index (χ0) is 22.7. The van der Waals surface area contributed by atoms with E-state index in [4.69, 9.17) is 11.6 Å². The number of benzene rings is 3. The molecule has 3 aromatic carbocycles. The van der Waals surface area contributed by atoms with E-state index in [1.165, 1.54) is 12.1 Å². The van der Waals surface area contributed by atoms with Gasteiger partial charge in [0.2, 0.25) is 5.91 Å². The van der Waals surface area contributed by atoms with E-state index in [1.54, 1.807) is 35.2 Å². The fourth-order valence-electron chi connectivity index (χ4n) is 3.84. The number of non-ortho nitro benzene ring substituents is 1. The Morgan fingerprint density at radius 3 is 2.50 bits per heavy atom. The molecule has 7 nitrogen and oxygen atoms in total. The van der Waals surface area contributed by atoms with Gasteiger partial charge in [0, 0.05) is 18.7 Å². The van der Waals surface area contributed by atoms with Crippen molar-refractivity contribution in [3.05, 3.63) is 105 Å². The van der Waals surface area contributed by atoms with Crippen LogP contribution in [-0.2, 0) is 11.2 Å². The van der Waals surface area contributed by atoms with Crippen LogP contribution in [0.1, 0.15) is 33.9 Å². The normalized spacial score (nSPS) is 13.3. The van der Waals surface area contributed by atoms with Gasteiger partial charge in [0.05, 0.1) is 33.7 Å². The first-order valence-corrected chi connectivity index (χ1v) is 10.5. The van der Waals surface area contributed by atoms with E-state index < -0.39 is 11.0 Å². The number of hydrogen-bond acceptors (Lipinski definition) is 4. The number of carbonyl (C=O) groups is 2. The van der Waals surface area contributed by atoms with Crippen LogP contribution in [0.2, 0.25) is 5.02 Å². The van der Waals surface area contributed by atoms with Crippen LogP contribution in [0.4, 0.5) is 11.4 Å². The van der Waals surface area contributed by atoms with Gasteiger partial charge in [-0.1, -0.05) is 60.1 Å². The summed E-state index contributed by atoms with van der Waals surface area (Å²) in [6, 6.07) is 19.9. The van der Waals surface area contributed by atoms with E-state index in [0.29, 0.717) is 29.2 Å². The van der Waals surface area contributed by atoms with Gasteiger partial charge in [0.1, 0.15) is 0 Å². The fourth-order valence-corrected chi connectivity index (χ4v) is 4.07. The minimum atomic E-state index is -0.588. The molecular weight excluding hydrogens is 430 g/mol. The first kappa shape index (κ1) is 21.5. The van der Waals surface area contributed by atoms with E-state index in [0.717, 1.165) is 11.1 Å². The van der Waals surface area contributed by atoms with Gasteiger partial charge < -0.3 is 10.2 Å². The highest BCUT2D eigenvalue weighted by Crippen LogP contribution is 2.33. The smallest absolute Gasteiger partial charge is 0.271 e. The predicted octanol–water partition coefficient (Wildman–Crippen LogP) is 4.70. The number of hydrogen-bond donors (Lipinski definition) is 1. The zero-order valence-corrected chi connectivity index (χ0v) is 17.8. The Morgan fingerprint density at radius 2 is 1.78 bits per heavy atom. The molecule has 1 aliphatic rings. The minimum absolute atomic E-state index is 0.00232. The maximum atomic E-state index is 13.2. The number of nitro groups is 1. The van der Waals surface area contributed by atoms with Crippen LogP contribution in [0.5, 0.6) is 0 Å². The monoisotopic (exact) mass is 449 g/mol. The minimum Gasteiger partial charge on any atom is -0.345 e. The Labute approximate surface area is 189 Å². The molecule has 1 unspecified atom stereocenters. The third-order valence-corrected chi connectivity index (χ3v) is 5.81. The second-order valence-corrected chi connectivity index (χ2v) is 7.89. The molecule has 1 atom stereocenters. The highest BCUT2D eigenvalue weighted by molar-refractivity contribution is 6.33. The summed E-state index contributed by atoms with van der Waals surface area (Å²) in [4.78, 5) is 38.4. The number of halogens is 1. The van der Waals surface area contributed by atoms with E-state index in [1.807, 2.05) is 30.3 Å². The summed E-state index contributed by atoms with van der Waals surface area (Å²) < 4.78 is 0. The van der Waals surface area contributed by atoms with Crippen LogP contribution in [0.15, 0.2) is 72.8 Å². The van der Waals surface area contributed by atoms with Gasteiger partial charge in [-0.3, -0.25) is 19.7 Å². The van der Waals surface area contributed by atoms with Crippen molar-refractivity contribution in [3.63, 3.8) is 0 Å². The van der Waals surface area contributed by atoms with Crippen molar-refractivity contribution in [2.45, 2.75) is 18.9 Å². The number of nitrogens with zero attached hydrogens (tertiary/aromatic N) is 2. The van der Waals surface area contributed by atoms with Crippen molar-refractivity contribution in [2.24, 2.45) is 0 Å². The molecule has 3 aromatic rings. The number of carbonyl (C=O) groups excluding carboxylic acids is 2. The molecule has 0 saturated heterocycles. The number of nitrogens with one attached hydrogen (secondary N) is 1. The van der Waals surface area contributed by atoms with Gasteiger partial charge in [0.15, 0.2) is 0 Å². The van der Waals surface area contributed by atoms with Gasteiger partial charge in [-0.2, -0.15) is 0 Å². The molecule has 0 radical (unpaired) electrons. The number of fused-ring (bicyclic) bond motifs is 1. The first-order valence-electron chi connectivity index (χ1n) is 10.1. The second kappa shape index (κ2) is 9.20. The lowest BCUT2D eigenvalue weighted by Crippen LogP contribution is -2.36. The largest absolute Gasteiger partial charge is 0.345 e. The summed E-state index contributed by atoms with van der Waals surface area (Å²) in [6.45, 7) is 0.440. The summed E-state index contributed by atoms with van der Waals surface area (Å²) in [6.07, 6.45) is 0.628. The van der Waals surface area contributed by atoms with Crippen molar-refractivity contribution in [1.29, 1.82) is 0 Å². The van der Waals surface area contributed by atoms with Gasteiger partial charge >= 0.3 is 0 Å². The number of nitro benzene ring substituents is 1. The van der Waals surface area contributed by atoms with E-state index in [-0.39, 0.29) is 23.9 Å². The van der Waals surface area contributed by atoms with Crippen LogP contribution < -0.4 is 10.2 Å². The summed E-state index contributed by atoms with van der Waals surface area (Å²) >= 11 is 6.16. The van der Waals surface area contributed by atoms with Crippen molar-refractivity contribution in [2.75, 3.05) is 11.4 Å². The molecule has 1 N–H and O–H groups in total. The van der Waals surface area contributed by atoms with Crippen molar-refractivity contribution < 1.29 is 14.5 Å². The maximum absolute atomic E-state index is 13.2. The Bertz CT molecular complexity index is 1180. The van der Waals surface area contributed by atoms with Crippen LogP contribution in [0.25, 0.3) is 0 Å². The maximum Gasteiger partial charge on any atom is 0.271 e. The average molecular weight is 450 g/mol. The quantitative estimate of drug-likeness (QED) is 0.436. The molecule has 0 spiro atoms. The Morgan fingerprint density at radius 1 is 1.06 bits per heavy atom. The van der Waals surface area contributed by atoms with E-state index >= 15 is 0 Å². The molecule has 0 saturated carbocycles. The number of anilines is 1. The molecule has 32 heavy (non-hydrogen) atoms. The Balaban J connectivity index is 1.58. The highest BCUT2D eigenvalue weighted by atomic mass is 35.5. The molecule has 0 aromatic heterocycles. The topological polar surface area (TPSA) is 92.6 Å². The van der Waals surface area contributed by atoms with Crippen LogP contribution in [0.3, 0.4) is 0 Å². The molecule has 162 valence electrons. The fraction of sp³-hybridized carbons (Fsp3) is 0.167. The summed E-state index contributed by atoms with van der Waals surface area (Å²) in [5.74, 6) is -0.604. The molecule has 8 heteroatoms. The van der Waals surface area contributed by atoms with Crippen molar-refractivity contribution in [1.82, 2.24) is 5.32 Å². The predicted molar refractivity (Wildman–Crippen MR) is 122 cm³/mol. The third kappa shape index (κ3) is 4.48. The lowest BCUT2D eigenvalue weighted by Gasteiger charge is -2.23. The van der Waals surface area contributed by atoms with Crippen LogP contribution >= 0.6 is 11.6 Å². The number of amides is 2. The summed E-state index contributed by atoms with van der Waals surface area (Å²) in [7, 11) is 0. The molecule has 4 rings (SSSR count).